The maximum Gasteiger partial charge on any atom is 0.119 e. The maximum atomic E-state index is 9.40. The zero-order chi connectivity index (χ0) is 14.4. The van der Waals surface area contributed by atoms with Crippen molar-refractivity contribution >= 4 is 0 Å². The van der Waals surface area contributed by atoms with E-state index in [4.69, 9.17) is 4.74 Å². The average molecular weight is 271 g/mol. The Morgan fingerprint density at radius 3 is 2.60 bits per heavy atom. The monoisotopic (exact) mass is 271 g/mol. The smallest absolute Gasteiger partial charge is 0.119 e. The highest BCUT2D eigenvalue weighted by Gasteiger charge is 2.03. The minimum absolute atomic E-state index is 0.235. The van der Waals surface area contributed by atoms with Crippen LogP contribution in [0.15, 0.2) is 48.5 Å². The van der Waals surface area contributed by atoms with Gasteiger partial charge in [0, 0.05) is 12.6 Å². The van der Waals surface area contributed by atoms with Crippen molar-refractivity contribution in [3.8, 4) is 11.5 Å². The molecule has 20 heavy (non-hydrogen) atoms. The standard InChI is InChI=1S/C17H21NO2/c1-13-6-8-17(9-7-13)20-12-14(2)18-11-15-4-3-5-16(19)10-15/h3-10,14,18-19H,11-12H2,1-2H3. The molecule has 0 saturated heterocycles. The zero-order valence-electron chi connectivity index (χ0n) is 12.0. The summed E-state index contributed by atoms with van der Waals surface area (Å²) in [6.45, 7) is 5.47. The van der Waals surface area contributed by atoms with E-state index in [1.54, 1.807) is 12.1 Å². The molecule has 0 aliphatic carbocycles. The number of phenolic OH excluding ortho intramolecular Hbond substituents is 1. The predicted molar refractivity (Wildman–Crippen MR) is 81.1 cm³/mol. The molecule has 0 fully saturated rings. The van der Waals surface area contributed by atoms with E-state index in [9.17, 15) is 5.11 Å². The molecule has 0 heterocycles. The highest BCUT2D eigenvalue weighted by molar-refractivity contribution is 5.27. The van der Waals surface area contributed by atoms with Crippen molar-refractivity contribution < 1.29 is 9.84 Å². The van der Waals surface area contributed by atoms with E-state index in [1.807, 2.05) is 36.4 Å². The molecule has 0 saturated carbocycles. The quantitative estimate of drug-likeness (QED) is 0.847. The fourth-order valence-corrected chi connectivity index (χ4v) is 1.87. The average Bonchev–Trinajstić information content (AvgIpc) is 2.45. The van der Waals surface area contributed by atoms with Crippen molar-refractivity contribution in [3.05, 3.63) is 59.7 Å². The number of hydrogen-bond acceptors (Lipinski definition) is 3. The Morgan fingerprint density at radius 2 is 1.90 bits per heavy atom. The maximum absolute atomic E-state index is 9.40. The second kappa shape index (κ2) is 6.96. The Balaban J connectivity index is 1.75. The molecule has 0 aliphatic heterocycles. The van der Waals surface area contributed by atoms with Crippen LogP contribution >= 0.6 is 0 Å². The first-order chi connectivity index (χ1) is 9.63. The number of nitrogens with one attached hydrogen (secondary N) is 1. The van der Waals surface area contributed by atoms with E-state index in [0.29, 0.717) is 18.9 Å². The Morgan fingerprint density at radius 1 is 1.15 bits per heavy atom. The van der Waals surface area contributed by atoms with Crippen molar-refractivity contribution in [3.63, 3.8) is 0 Å². The minimum Gasteiger partial charge on any atom is -0.508 e. The van der Waals surface area contributed by atoms with Crippen LogP contribution in [0.4, 0.5) is 0 Å². The van der Waals surface area contributed by atoms with Gasteiger partial charge in [-0.15, -0.1) is 0 Å². The van der Waals surface area contributed by atoms with Gasteiger partial charge >= 0.3 is 0 Å². The topological polar surface area (TPSA) is 41.5 Å². The molecule has 1 unspecified atom stereocenters. The number of rotatable bonds is 6. The van der Waals surface area contributed by atoms with Crippen molar-refractivity contribution in [2.24, 2.45) is 0 Å². The summed E-state index contributed by atoms with van der Waals surface area (Å²) < 4.78 is 5.72. The Kier molecular flexibility index (Phi) is 5.02. The molecular weight excluding hydrogens is 250 g/mol. The van der Waals surface area contributed by atoms with E-state index in [1.165, 1.54) is 5.56 Å². The second-order valence-electron chi connectivity index (χ2n) is 5.08. The molecule has 0 aliphatic rings. The fraction of sp³-hybridized carbons (Fsp3) is 0.294. The summed E-state index contributed by atoms with van der Waals surface area (Å²) in [6, 6.07) is 15.6. The third-order valence-corrected chi connectivity index (χ3v) is 3.09. The van der Waals surface area contributed by atoms with E-state index in [2.05, 4.69) is 19.2 Å². The molecule has 0 amide bonds. The lowest BCUT2D eigenvalue weighted by molar-refractivity contribution is 0.272. The van der Waals surface area contributed by atoms with Gasteiger partial charge < -0.3 is 15.2 Å². The molecule has 106 valence electrons. The van der Waals surface area contributed by atoms with Gasteiger partial charge in [-0.1, -0.05) is 29.8 Å². The van der Waals surface area contributed by atoms with E-state index < -0.39 is 0 Å². The first-order valence-electron chi connectivity index (χ1n) is 6.84. The number of ether oxygens (including phenoxy) is 1. The van der Waals surface area contributed by atoms with Gasteiger partial charge in [0.25, 0.3) is 0 Å². The Bertz CT molecular complexity index is 537. The first kappa shape index (κ1) is 14.4. The molecule has 1 atom stereocenters. The summed E-state index contributed by atoms with van der Waals surface area (Å²) in [5, 5.41) is 12.8. The largest absolute Gasteiger partial charge is 0.508 e. The lowest BCUT2D eigenvalue weighted by Crippen LogP contribution is -2.31. The van der Waals surface area contributed by atoms with Crippen molar-refractivity contribution in [2.45, 2.75) is 26.4 Å². The summed E-state index contributed by atoms with van der Waals surface area (Å²) in [5.74, 6) is 1.19. The van der Waals surface area contributed by atoms with Crippen LogP contribution in [0.2, 0.25) is 0 Å². The normalized spacial score (nSPS) is 12.1. The summed E-state index contributed by atoms with van der Waals surface area (Å²) in [7, 11) is 0. The van der Waals surface area contributed by atoms with Gasteiger partial charge in [-0.05, 0) is 43.7 Å². The number of benzene rings is 2. The third kappa shape index (κ3) is 4.59. The molecule has 2 aromatic carbocycles. The van der Waals surface area contributed by atoms with Gasteiger partial charge in [-0.3, -0.25) is 0 Å². The zero-order valence-corrected chi connectivity index (χ0v) is 12.0. The molecule has 0 spiro atoms. The fourth-order valence-electron chi connectivity index (χ4n) is 1.87. The molecule has 0 radical (unpaired) electrons. The molecule has 3 nitrogen and oxygen atoms in total. The van der Waals surface area contributed by atoms with Gasteiger partial charge in [0.15, 0.2) is 0 Å². The van der Waals surface area contributed by atoms with Crippen LogP contribution in [-0.2, 0) is 6.54 Å². The van der Waals surface area contributed by atoms with E-state index in [-0.39, 0.29) is 6.04 Å². The summed E-state index contributed by atoms with van der Waals surface area (Å²) >= 11 is 0. The summed E-state index contributed by atoms with van der Waals surface area (Å²) in [5.41, 5.74) is 2.29. The first-order valence-corrected chi connectivity index (χ1v) is 6.84. The van der Waals surface area contributed by atoms with E-state index in [0.717, 1.165) is 11.3 Å². The number of aromatic hydroxyl groups is 1. The van der Waals surface area contributed by atoms with Crippen LogP contribution in [0.3, 0.4) is 0 Å². The van der Waals surface area contributed by atoms with E-state index >= 15 is 0 Å². The van der Waals surface area contributed by atoms with Gasteiger partial charge in [0.2, 0.25) is 0 Å². The summed E-state index contributed by atoms with van der Waals surface area (Å²) in [6.07, 6.45) is 0. The van der Waals surface area contributed by atoms with Crippen LogP contribution < -0.4 is 10.1 Å². The highest BCUT2D eigenvalue weighted by Crippen LogP contribution is 2.12. The van der Waals surface area contributed by atoms with Gasteiger partial charge in [-0.2, -0.15) is 0 Å². The molecule has 2 N–H and O–H groups in total. The van der Waals surface area contributed by atoms with Crippen LogP contribution in [0.25, 0.3) is 0 Å². The van der Waals surface area contributed by atoms with Gasteiger partial charge in [-0.25, -0.2) is 0 Å². The van der Waals surface area contributed by atoms with Crippen LogP contribution in [-0.4, -0.2) is 17.8 Å². The van der Waals surface area contributed by atoms with Crippen molar-refractivity contribution in [1.29, 1.82) is 0 Å². The second-order valence-corrected chi connectivity index (χ2v) is 5.08. The molecule has 0 bridgehead atoms. The molecule has 2 aromatic rings. The Labute approximate surface area is 120 Å². The third-order valence-electron chi connectivity index (χ3n) is 3.09. The molecule has 0 aromatic heterocycles. The SMILES string of the molecule is Cc1ccc(OCC(C)NCc2cccc(O)c2)cc1. The van der Waals surface area contributed by atoms with Gasteiger partial charge in [0.05, 0.1) is 0 Å². The van der Waals surface area contributed by atoms with Crippen molar-refractivity contribution in [1.82, 2.24) is 5.32 Å². The van der Waals surface area contributed by atoms with Crippen LogP contribution in [0.5, 0.6) is 11.5 Å². The predicted octanol–water partition coefficient (Wildman–Crippen LogP) is 3.26. The Hall–Kier alpha value is -2.00. The number of hydrogen-bond donors (Lipinski definition) is 2. The lowest BCUT2D eigenvalue weighted by Gasteiger charge is -2.15. The van der Waals surface area contributed by atoms with Crippen molar-refractivity contribution in [2.75, 3.05) is 6.61 Å². The van der Waals surface area contributed by atoms with Crippen LogP contribution in [0.1, 0.15) is 18.1 Å². The molecule has 2 rings (SSSR count). The highest BCUT2D eigenvalue weighted by atomic mass is 16.5. The minimum atomic E-state index is 0.235. The number of aryl methyl sites for hydroxylation is 1. The molecular formula is C17H21NO2. The number of phenols is 1. The molecule has 3 heteroatoms. The summed E-state index contributed by atoms with van der Waals surface area (Å²) in [4.78, 5) is 0. The van der Waals surface area contributed by atoms with Gasteiger partial charge in [0.1, 0.15) is 18.1 Å². The lowest BCUT2D eigenvalue weighted by atomic mass is 10.2. The van der Waals surface area contributed by atoms with Crippen LogP contribution in [0, 0.1) is 6.92 Å².